The quantitative estimate of drug-likeness (QED) is 0.352. The molecule has 9 nitrogen and oxygen atoms in total. The van der Waals surface area contributed by atoms with Crippen molar-refractivity contribution in [3.05, 3.63) is 93.4 Å². The van der Waals surface area contributed by atoms with Gasteiger partial charge in [-0.15, -0.1) is 0 Å². The number of carbonyl (C=O) groups excluding carboxylic acids is 3. The van der Waals surface area contributed by atoms with Crippen LogP contribution in [0.5, 0.6) is 0 Å². The molecule has 4 amide bonds. The molecule has 0 radical (unpaired) electrons. The highest BCUT2D eigenvalue weighted by molar-refractivity contribution is 7.89. The second-order valence-electron chi connectivity index (χ2n) is 7.45. The molecule has 0 saturated carbocycles. The normalized spacial score (nSPS) is 14.1. The molecule has 12 heteroatoms. The summed E-state index contributed by atoms with van der Waals surface area (Å²) in [6.07, 6.45) is 1.16. The number of barbiturate groups is 1. The molecule has 4 rings (SSSR count). The van der Waals surface area contributed by atoms with Crippen molar-refractivity contribution in [3.8, 4) is 0 Å². The summed E-state index contributed by atoms with van der Waals surface area (Å²) >= 11 is 11.9. The lowest BCUT2D eigenvalue weighted by molar-refractivity contribution is -0.123. The third-order valence-electron chi connectivity index (χ3n) is 4.97. The van der Waals surface area contributed by atoms with Crippen LogP contribution in [0.4, 0.5) is 4.79 Å². The molecule has 0 unspecified atom stereocenters. The Morgan fingerprint density at radius 2 is 1.37 bits per heavy atom. The summed E-state index contributed by atoms with van der Waals surface area (Å²) in [5.74, 6) is -1.35. The van der Waals surface area contributed by atoms with Gasteiger partial charge in [-0.05, 0) is 60.2 Å². The molecule has 1 aliphatic rings. The predicted octanol–water partition coefficient (Wildman–Crippen LogP) is 3.73. The van der Waals surface area contributed by atoms with Gasteiger partial charge in [0.15, 0.2) is 0 Å². The molecular formula is C23H17Cl2N3O6S. The van der Waals surface area contributed by atoms with Crippen molar-refractivity contribution < 1.29 is 27.2 Å². The average molecular weight is 534 g/mol. The lowest BCUT2D eigenvalue weighted by Gasteiger charge is -2.21. The second-order valence-corrected chi connectivity index (χ2v) is 10.3. The van der Waals surface area contributed by atoms with E-state index in [2.05, 4.69) is 0 Å². The zero-order valence-corrected chi connectivity index (χ0v) is 20.2. The fourth-order valence-electron chi connectivity index (χ4n) is 3.25. The number of hydrogen-bond acceptors (Lipinski definition) is 6. The highest BCUT2D eigenvalue weighted by atomic mass is 35.5. The van der Waals surface area contributed by atoms with Crippen molar-refractivity contribution in [2.45, 2.75) is 18.0 Å². The smallest absolute Gasteiger partial charge is 0.328 e. The minimum absolute atomic E-state index is 0.0200. The van der Waals surface area contributed by atoms with Crippen LogP contribution in [0.15, 0.2) is 75.5 Å². The van der Waals surface area contributed by atoms with Gasteiger partial charge in [-0.2, -0.15) is 4.31 Å². The number of rotatable bonds is 7. The van der Waals surface area contributed by atoms with E-state index < -0.39 is 27.9 Å². The summed E-state index contributed by atoms with van der Waals surface area (Å²) in [6, 6.07) is 14.6. The van der Waals surface area contributed by atoms with E-state index in [0.717, 1.165) is 6.08 Å². The molecular weight excluding hydrogens is 517 g/mol. The molecule has 35 heavy (non-hydrogen) atoms. The number of benzene rings is 2. The first kappa shape index (κ1) is 24.7. The topological polar surface area (TPSA) is 126 Å². The van der Waals surface area contributed by atoms with Crippen LogP contribution < -0.4 is 10.6 Å². The monoisotopic (exact) mass is 533 g/mol. The maximum atomic E-state index is 13.4. The summed E-state index contributed by atoms with van der Waals surface area (Å²) in [4.78, 5) is 35.1. The van der Waals surface area contributed by atoms with Crippen molar-refractivity contribution in [1.29, 1.82) is 0 Å². The largest absolute Gasteiger partial charge is 0.460 e. The van der Waals surface area contributed by atoms with Crippen LogP contribution in [-0.2, 0) is 32.7 Å². The molecule has 180 valence electrons. The molecule has 2 N–H and O–H groups in total. The number of carbonyl (C=O) groups is 3. The van der Waals surface area contributed by atoms with Gasteiger partial charge in [0, 0.05) is 16.6 Å². The van der Waals surface area contributed by atoms with Crippen LogP contribution in [0, 0.1) is 0 Å². The molecule has 2 aromatic carbocycles. The van der Waals surface area contributed by atoms with Crippen molar-refractivity contribution >= 4 is 57.1 Å². The Morgan fingerprint density at radius 3 is 1.97 bits per heavy atom. The number of furan rings is 1. The zero-order valence-electron chi connectivity index (χ0n) is 17.8. The van der Waals surface area contributed by atoms with Crippen molar-refractivity contribution in [1.82, 2.24) is 14.9 Å². The summed E-state index contributed by atoms with van der Waals surface area (Å²) in [6.45, 7) is -0.125. The minimum Gasteiger partial charge on any atom is -0.460 e. The predicted molar refractivity (Wildman–Crippen MR) is 128 cm³/mol. The van der Waals surface area contributed by atoms with Crippen molar-refractivity contribution in [3.63, 3.8) is 0 Å². The number of imide groups is 2. The third kappa shape index (κ3) is 5.80. The molecule has 2 heterocycles. The van der Waals surface area contributed by atoms with Gasteiger partial charge in [0.05, 0.1) is 11.4 Å². The van der Waals surface area contributed by atoms with E-state index in [1.807, 2.05) is 10.6 Å². The minimum atomic E-state index is -3.97. The Morgan fingerprint density at radius 1 is 0.800 bits per heavy atom. The lowest BCUT2D eigenvalue weighted by atomic mass is 10.1. The fourth-order valence-corrected chi connectivity index (χ4v) is 4.90. The van der Waals surface area contributed by atoms with Gasteiger partial charge >= 0.3 is 6.03 Å². The Hall–Kier alpha value is -3.44. The van der Waals surface area contributed by atoms with Crippen LogP contribution in [-0.4, -0.2) is 30.6 Å². The van der Waals surface area contributed by atoms with E-state index in [4.69, 9.17) is 27.6 Å². The second kappa shape index (κ2) is 10.0. The molecule has 0 atom stereocenters. The Balaban J connectivity index is 1.63. The van der Waals surface area contributed by atoms with Crippen LogP contribution >= 0.6 is 23.2 Å². The molecule has 1 aliphatic heterocycles. The fraction of sp³-hybridized carbons (Fsp3) is 0.0870. The van der Waals surface area contributed by atoms with Crippen molar-refractivity contribution in [2.75, 3.05) is 0 Å². The first-order chi connectivity index (χ1) is 16.6. The lowest BCUT2D eigenvalue weighted by Crippen LogP contribution is -2.51. The van der Waals surface area contributed by atoms with E-state index >= 15 is 0 Å². The van der Waals surface area contributed by atoms with Gasteiger partial charge in [-0.25, -0.2) is 13.2 Å². The van der Waals surface area contributed by atoms with E-state index in [1.54, 1.807) is 24.3 Å². The number of halogens is 2. The number of sulfonamides is 1. The highest BCUT2D eigenvalue weighted by Gasteiger charge is 2.29. The maximum Gasteiger partial charge on any atom is 0.328 e. The molecule has 0 aliphatic carbocycles. The molecule has 0 spiro atoms. The number of urea groups is 1. The summed E-state index contributed by atoms with van der Waals surface area (Å²) in [5, 5.41) is 4.85. The van der Waals surface area contributed by atoms with Gasteiger partial charge < -0.3 is 4.42 Å². The molecule has 3 aromatic rings. The first-order valence-corrected chi connectivity index (χ1v) is 12.3. The Labute approximate surface area is 210 Å². The van der Waals surface area contributed by atoms with Gasteiger partial charge in [-0.1, -0.05) is 35.3 Å². The molecule has 1 aromatic heterocycles. The number of nitrogens with zero attached hydrogens (tertiary/aromatic N) is 1. The van der Waals surface area contributed by atoms with E-state index in [9.17, 15) is 22.8 Å². The van der Waals surface area contributed by atoms with E-state index in [-0.39, 0.29) is 35.1 Å². The summed E-state index contributed by atoms with van der Waals surface area (Å²) in [7, 11) is -3.97. The first-order valence-electron chi connectivity index (χ1n) is 10.1. The summed E-state index contributed by atoms with van der Waals surface area (Å²) < 4.78 is 33.7. The van der Waals surface area contributed by atoms with Crippen LogP contribution in [0.25, 0.3) is 6.08 Å². The number of hydrogen-bond donors (Lipinski definition) is 2. The van der Waals surface area contributed by atoms with E-state index in [1.165, 1.54) is 40.7 Å². The SMILES string of the molecule is O=C1NC(=O)C(=Cc2ccc(CN(Cc3ccc(Cl)cc3)S(=O)(=O)c3ccc(Cl)cc3)o2)C(=O)N1. The summed E-state index contributed by atoms with van der Waals surface area (Å²) in [5.41, 5.74) is 0.373. The average Bonchev–Trinajstić information content (AvgIpc) is 3.24. The highest BCUT2D eigenvalue weighted by Crippen LogP contribution is 2.24. The Bertz CT molecular complexity index is 1410. The van der Waals surface area contributed by atoms with Gasteiger partial charge in [0.2, 0.25) is 10.0 Å². The molecule has 0 bridgehead atoms. The molecule has 1 saturated heterocycles. The van der Waals surface area contributed by atoms with Gasteiger partial charge in [0.25, 0.3) is 11.8 Å². The van der Waals surface area contributed by atoms with E-state index in [0.29, 0.717) is 15.6 Å². The van der Waals surface area contributed by atoms with Crippen molar-refractivity contribution in [2.24, 2.45) is 0 Å². The number of amides is 4. The number of nitrogens with one attached hydrogen (secondary N) is 2. The third-order valence-corrected chi connectivity index (χ3v) is 7.28. The van der Waals surface area contributed by atoms with Crippen LogP contribution in [0.3, 0.4) is 0 Å². The zero-order chi connectivity index (χ0) is 25.2. The van der Waals surface area contributed by atoms with Gasteiger partial charge in [-0.3, -0.25) is 20.2 Å². The van der Waals surface area contributed by atoms with Crippen LogP contribution in [0.2, 0.25) is 10.0 Å². The maximum absolute atomic E-state index is 13.4. The Kier molecular flexibility index (Phi) is 7.08. The van der Waals surface area contributed by atoms with Crippen LogP contribution in [0.1, 0.15) is 17.1 Å². The van der Waals surface area contributed by atoms with Gasteiger partial charge in [0.1, 0.15) is 17.1 Å². The molecule has 1 fully saturated rings. The standard InChI is InChI=1S/C23H17Cl2N3O6S/c24-15-3-1-14(2-4-15)12-28(35(32,33)19-9-5-16(25)6-10-19)13-18-8-7-17(34-18)11-20-21(29)26-23(31)27-22(20)30/h1-11H,12-13H2,(H2,26,27,29,30,31).